The molecule has 48 heavy (non-hydrogen) atoms. The molecule has 0 aliphatic carbocycles. The van der Waals surface area contributed by atoms with E-state index in [2.05, 4.69) is 26.7 Å². The fourth-order valence-corrected chi connectivity index (χ4v) is 6.86. The molecule has 1 atom stereocenters. The minimum Gasteiger partial charge on any atom is -0.371 e. The number of hydrogen-bond donors (Lipinski definition) is 2. The maximum atomic E-state index is 13.6. The number of amides is 5. The molecule has 0 bridgehead atoms. The summed E-state index contributed by atoms with van der Waals surface area (Å²) in [6.07, 6.45) is 5.58. The van der Waals surface area contributed by atoms with Gasteiger partial charge in [-0.2, -0.15) is 10.4 Å². The van der Waals surface area contributed by atoms with E-state index < -0.39 is 35.2 Å². The number of anilines is 2. The second-order valence-corrected chi connectivity index (χ2v) is 13.0. The Kier molecular flexibility index (Phi) is 7.55. The van der Waals surface area contributed by atoms with Gasteiger partial charge in [0.2, 0.25) is 11.8 Å². The number of nitrogens with zero attached hydrogens (tertiary/aromatic N) is 5. The van der Waals surface area contributed by atoms with E-state index in [-0.39, 0.29) is 35.8 Å². The largest absolute Gasteiger partial charge is 0.371 e. The first-order valence-corrected chi connectivity index (χ1v) is 16.0. The molecular weight excluding hydrogens is 610 g/mol. The molecule has 2 N–H and O–H groups in total. The second kappa shape index (κ2) is 11.8. The number of nitriles is 1. The van der Waals surface area contributed by atoms with Crippen molar-refractivity contribution in [3.63, 3.8) is 0 Å². The summed E-state index contributed by atoms with van der Waals surface area (Å²) in [5, 5.41) is 20.9. The van der Waals surface area contributed by atoms with Gasteiger partial charge in [-0.3, -0.25) is 38.9 Å². The van der Waals surface area contributed by atoms with Crippen LogP contribution < -0.4 is 15.5 Å². The average Bonchev–Trinajstić information content (AvgIpc) is 3.69. The zero-order valence-electron chi connectivity index (χ0n) is 26.5. The molecule has 0 saturated carbocycles. The first-order valence-electron chi connectivity index (χ1n) is 16.0. The Morgan fingerprint density at radius 3 is 2.42 bits per heavy atom. The molecule has 4 heterocycles. The lowest BCUT2D eigenvalue weighted by atomic mass is 9.91. The van der Waals surface area contributed by atoms with Crippen LogP contribution in [0.15, 0.2) is 67.0 Å². The number of carbonyl (C=O) groups is 5. The number of aromatic nitrogens is 2. The molecule has 5 amide bonds. The highest BCUT2D eigenvalue weighted by Gasteiger charge is 2.45. The lowest BCUT2D eigenvalue weighted by molar-refractivity contribution is -0.136. The fraction of sp³-hybridized carbons (Fsp3) is 0.306. The van der Waals surface area contributed by atoms with Gasteiger partial charge in [-0.05, 0) is 74.9 Å². The zero-order valence-corrected chi connectivity index (χ0v) is 26.5. The molecule has 2 saturated heterocycles. The third kappa shape index (κ3) is 5.17. The van der Waals surface area contributed by atoms with Gasteiger partial charge in [0.1, 0.15) is 11.6 Å². The van der Waals surface area contributed by atoms with Crippen molar-refractivity contribution < 1.29 is 24.0 Å². The predicted molar refractivity (Wildman–Crippen MR) is 176 cm³/mol. The van der Waals surface area contributed by atoms with Gasteiger partial charge < -0.3 is 10.2 Å². The van der Waals surface area contributed by atoms with Crippen LogP contribution in [0, 0.1) is 11.3 Å². The Hall–Kier alpha value is -5.83. The number of fused-ring (bicyclic) bond motifs is 2. The molecule has 3 aromatic carbocycles. The number of carbonyl (C=O) groups excluding carboxylic acids is 5. The lowest BCUT2D eigenvalue weighted by Crippen LogP contribution is -2.54. The average molecular weight is 644 g/mol. The van der Waals surface area contributed by atoms with Crippen molar-refractivity contribution in [2.75, 3.05) is 23.3 Å². The maximum absolute atomic E-state index is 13.6. The summed E-state index contributed by atoms with van der Waals surface area (Å²) < 4.78 is 1.69. The smallest absolute Gasteiger partial charge is 0.262 e. The van der Waals surface area contributed by atoms with Crippen molar-refractivity contribution in [3.8, 4) is 6.07 Å². The number of benzene rings is 3. The van der Waals surface area contributed by atoms with Crippen LogP contribution >= 0.6 is 0 Å². The van der Waals surface area contributed by atoms with Gasteiger partial charge in [0.25, 0.3) is 17.7 Å². The molecule has 12 nitrogen and oxygen atoms in total. The number of imide groups is 2. The van der Waals surface area contributed by atoms with E-state index >= 15 is 0 Å². The van der Waals surface area contributed by atoms with Crippen molar-refractivity contribution in [2.45, 2.75) is 57.0 Å². The Morgan fingerprint density at radius 1 is 0.958 bits per heavy atom. The Labute approximate surface area is 276 Å². The van der Waals surface area contributed by atoms with Gasteiger partial charge in [-0.1, -0.05) is 24.3 Å². The first kappa shape index (κ1) is 30.8. The molecule has 2 fully saturated rings. The maximum Gasteiger partial charge on any atom is 0.262 e. The molecule has 242 valence electrons. The molecule has 0 radical (unpaired) electrons. The van der Waals surface area contributed by atoms with Gasteiger partial charge in [0.05, 0.1) is 29.0 Å². The Morgan fingerprint density at radius 2 is 1.69 bits per heavy atom. The molecule has 12 heteroatoms. The number of nitrogens with one attached hydrogen (secondary N) is 2. The SMILES string of the molecule is CC(C)(C(=O)Nc1ccc(C#N)c2ccccc12)n1cc(C2CCN(c3ccc4c(c3)C(=O)N(C3CCC(=O)NC3=O)C4=O)CC2)cn1. The van der Waals surface area contributed by atoms with E-state index in [1.807, 2.05) is 56.6 Å². The summed E-state index contributed by atoms with van der Waals surface area (Å²) in [5.41, 5.74) is 2.56. The van der Waals surface area contributed by atoms with E-state index in [4.69, 9.17) is 0 Å². The van der Waals surface area contributed by atoms with Crippen molar-refractivity contribution in [3.05, 3.63) is 89.2 Å². The van der Waals surface area contributed by atoms with Crippen molar-refractivity contribution in [1.82, 2.24) is 20.0 Å². The van der Waals surface area contributed by atoms with Crippen LogP contribution in [0.1, 0.15) is 77.3 Å². The van der Waals surface area contributed by atoms with E-state index in [0.29, 0.717) is 24.3 Å². The summed E-state index contributed by atoms with van der Waals surface area (Å²) in [6, 6.07) is 17.3. The zero-order chi connectivity index (χ0) is 33.7. The first-order chi connectivity index (χ1) is 23.1. The molecule has 1 unspecified atom stereocenters. The van der Waals surface area contributed by atoms with E-state index in [0.717, 1.165) is 39.8 Å². The van der Waals surface area contributed by atoms with Crippen LogP contribution in [-0.2, 0) is 19.9 Å². The molecule has 0 spiro atoms. The van der Waals surface area contributed by atoms with Gasteiger partial charge in [0, 0.05) is 47.9 Å². The summed E-state index contributed by atoms with van der Waals surface area (Å²) in [4.78, 5) is 67.1. The Bertz CT molecular complexity index is 2070. The van der Waals surface area contributed by atoms with Crippen molar-refractivity contribution in [2.24, 2.45) is 0 Å². The van der Waals surface area contributed by atoms with Crippen molar-refractivity contribution in [1.29, 1.82) is 5.26 Å². The summed E-state index contributed by atoms with van der Waals surface area (Å²) >= 11 is 0. The van der Waals surface area contributed by atoms with Crippen molar-refractivity contribution >= 4 is 51.7 Å². The van der Waals surface area contributed by atoms with Crippen LogP contribution in [0.25, 0.3) is 10.8 Å². The molecule has 3 aliphatic rings. The van der Waals surface area contributed by atoms with Gasteiger partial charge in [-0.15, -0.1) is 0 Å². The third-order valence-electron chi connectivity index (χ3n) is 9.78. The van der Waals surface area contributed by atoms with Gasteiger partial charge in [-0.25, -0.2) is 0 Å². The number of hydrogen-bond acceptors (Lipinski definition) is 8. The molecule has 3 aliphatic heterocycles. The van der Waals surface area contributed by atoms with E-state index in [1.165, 1.54) is 0 Å². The minimum atomic E-state index is -0.998. The van der Waals surface area contributed by atoms with Crippen LogP contribution in [0.3, 0.4) is 0 Å². The molecule has 4 aromatic rings. The number of rotatable bonds is 6. The van der Waals surface area contributed by atoms with Gasteiger partial charge >= 0.3 is 0 Å². The normalized spacial score (nSPS) is 18.6. The number of piperidine rings is 2. The van der Waals surface area contributed by atoms with Crippen LogP contribution in [-0.4, -0.2) is 63.3 Å². The highest BCUT2D eigenvalue weighted by molar-refractivity contribution is 6.23. The summed E-state index contributed by atoms with van der Waals surface area (Å²) in [5.74, 6) is -2.09. The predicted octanol–water partition coefficient (Wildman–Crippen LogP) is 4.07. The Balaban J connectivity index is 1.01. The minimum absolute atomic E-state index is 0.0730. The third-order valence-corrected chi connectivity index (χ3v) is 9.78. The van der Waals surface area contributed by atoms with Crippen LogP contribution in [0.5, 0.6) is 0 Å². The molecule has 7 rings (SSSR count). The topological polar surface area (TPSA) is 158 Å². The van der Waals surface area contributed by atoms with Crippen LogP contribution in [0.4, 0.5) is 11.4 Å². The quantitative estimate of drug-likeness (QED) is 0.298. The highest BCUT2D eigenvalue weighted by Crippen LogP contribution is 2.35. The van der Waals surface area contributed by atoms with E-state index in [1.54, 1.807) is 28.9 Å². The molecular formula is C36H33N7O5. The standard InChI is InChI=1S/C36H33N7O5/c1-36(2,35(48)39-29-10-7-22(18-37)25-5-3-4-6-26(25)29)42-20-23(19-38-42)21-13-15-41(16-14-21)24-8-9-27-28(17-24)34(47)43(33(27)46)30-11-12-31(44)40-32(30)45/h3-10,17,19-21,30H,11-16H2,1-2H3,(H,39,48)(H,40,44,45). The second-order valence-electron chi connectivity index (χ2n) is 13.0. The molecule has 1 aromatic heterocycles. The van der Waals surface area contributed by atoms with Gasteiger partial charge in [0.15, 0.2) is 0 Å². The fourth-order valence-electron chi connectivity index (χ4n) is 6.86. The highest BCUT2D eigenvalue weighted by atomic mass is 16.2. The summed E-state index contributed by atoms with van der Waals surface area (Å²) in [7, 11) is 0. The lowest BCUT2D eigenvalue weighted by Gasteiger charge is -2.33. The monoisotopic (exact) mass is 643 g/mol. The van der Waals surface area contributed by atoms with E-state index in [9.17, 15) is 29.2 Å². The van der Waals surface area contributed by atoms with Crippen LogP contribution in [0.2, 0.25) is 0 Å². The summed E-state index contributed by atoms with van der Waals surface area (Å²) in [6.45, 7) is 5.05.